The fourth-order valence-electron chi connectivity index (χ4n) is 4.19. The topological polar surface area (TPSA) is 87.7 Å². The largest absolute Gasteiger partial charge is 0.376 e. The summed E-state index contributed by atoms with van der Waals surface area (Å²) in [4.78, 5) is 39.4. The molecule has 2 saturated heterocycles. The molecule has 3 amide bonds. The highest BCUT2D eigenvalue weighted by Gasteiger charge is 2.28. The van der Waals surface area contributed by atoms with E-state index < -0.39 is 0 Å². The van der Waals surface area contributed by atoms with Gasteiger partial charge in [0.1, 0.15) is 0 Å². The van der Waals surface area contributed by atoms with Crippen molar-refractivity contribution in [3.05, 3.63) is 64.7 Å². The first-order valence-corrected chi connectivity index (χ1v) is 11.7. The Kier molecular flexibility index (Phi) is 7.62. The Balaban J connectivity index is 1.25. The van der Waals surface area contributed by atoms with Crippen molar-refractivity contribution in [2.24, 2.45) is 5.92 Å². The molecule has 2 aliphatic heterocycles. The van der Waals surface area contributed by atoms with Crippen LogP contribution in [0.3, 0.4) is 0 Å². The van der Waals surface area contributed by atoms with Crippen LogP contribution in [0.1, 0.15) is 46.4 Å². The molecule has 2 fully saturated rings. The number of likely N-dealkylation sites (tertiary alicyclic amines) is 1. The summed E-state index contributed by atoms with van der Waals surface area (Å²) in [6.07, 6.45) is 3.49. The first-order chi connectivity index (χ1) is 16.0. The van der Waals surface area contributed by atoms with Crippen LogP contribution in [0.15, 0.2) is 48.5 Å². The minimum atomic E-state index is -0.245. The predicted molar refractivity (Wildman–Crippen MR) is 126 cm³/mol. The van der Waals surface area contributed by atoms with Crippen LogP contribution < -0.4 is 10.6 Å². The first kappa shape index (κ1) is 23.3. The van der Waals surface area contributed by atoms with Crippen LogP contribution in [0.4, 0.5) is 5.69 Å². The number of ether oxygens (including phenoxy) is 1. The van der Waals surface area contributed by atoms with Gasteiger partial charge in [-0.25, -0.2) is 0 Å². The number of benzene rings is 2. The lowest BCUT2D eigenvalue weighted by Crippen LogP contribution is -2.44. The Morgan fingerprint density at radius 1 is 0.939 bits per heavy atom. The van der Waals surface area contributed by atoms with Crippen molar-refractivity contribution in [3.8, 4) is 0 Å². The van der Waals surface area contributed by atoms with Gasteiger partial charge in [0.05, 0.1) is 6.10 Å². The molecule has 0 unspecified atom stereocenters. The highest BCUT2D eigenvalue weighted by molar-refractivity contribution is 6.30. The SMILES string of the molecule is O=C(Nc1ccc(C(=O)N2CCC(C(=O)NC[C@H]3CCCO3)CC2)cc1)c1ccc(Cl)cc1. The molecule has 33 heavy (non-hydrogen) atoms. The van der Waals surface area contributed by atoms with Crippen molar-refractivity contribution < 1.29 is 19.1 Å². The predicted octanol–water partition coefficient (Wildman–Crippen LogP) is 3.74. The van der Waals surface area contributed by atoms with Gasteiger partial charge in [-0.3, -0.25) is 14.4 Å². The maximum atomic E-state index is 12.9. The smallest absolute Gasteiger partial charge is 0.255 e. The van der Waals surface area contributed by atoms with E-state index in [4.69, 9.17) is 16.3 Å². The molecule has 0 bridgehead atoms. The molecule has 0 radical (unpaired) electrons. The van der Waals surface area contributed by atoms with Gasteiger partial charge in [0, 0.05) is 54.0 Å². The number of nitrogens with zero attached hydrogens (tertiary/aromatic N) is 1. The molecule has 0 aliphatic carbocycles. The summed E-state index contributed by atoms with van der Waals surface area (Å²) in [6.45, 7) is 2.44. The van der Waals surface area contributed by atoms with Gasteiger partial charge in [-0.1, -0.05) is 11.6 Å². The molecule has 2 aliphatic rings. The number of hydrogen-bond donors (Lipinski definition) is 2. The highest BCUT2D eigenvalue weighted by Crippen LogP contribution is 2.21. The summed E-state index contributed by atoms with van der Waals surface area (Å²) in [5.41, 5.74) is 1.66. The van der Waals surface area contributed by atoms with E-state index in [0.29, 0.717) is 54.3 Å². The third-order valence-corrected chi connectivity index (χ3v) is 6.43. The average molecular weight is 470 g/mol. The summed E-state index contributed by atoms with van der Waals surface area (Å²) < 4.78 is 5.55. The van der Waals surface area contributed by atoms with Gasteiger partial charge in [-0.2, -0.15) is 0 Å². The molecular formula is C25H28ClN3O4. The molecule has 174 valence electrons. The van der Waals surface area contributed by atoms with Crippen molar-refractivity contribution in [1.82, 2.24) is 10.2 Å². The lowest BCUT2D eigenvalue weighted by molar-refractivity contribution is -0.126. The number of amides is 3. The lowest BCUT2D eigenvalue weighted by Gasteiger charge is -2.31. The maximum Gasteiger partial charge on any atom is 0.255 e. The average Bonchev–Trinajstić information content (AvgIpc) is 3.37. The third kappa shape index (κ3) is 6.12. The molecule has 0 saturated carbocycles. The number of halogens is 1. The van der Waals surface area contributed by atoms with Gasteiger partial charge >= 0.3 is 0 Å². The van der Waals surface area contributed by atoms with Crippen LogP contribution in [-0.2, 0) is 9.53 Å². The van der Waals surface area contributed by atoms with E-state index in [9.17, 15) is 14.4 Å². The Labute approximate surface area is 198 Å². The summed E-state index contributed by atoms with van der Waals surface area (Å²) >= 11 is 5.86. The zero-order valence-corrected chi connectivity index (χ0v) is 19.1. The molecule has 2 aromatic carbocycles. The number of rotatable bonds is 6. The van der Waals surface area contributed by atoms with Crippen LogP contribution in [0.5, 0.6) is 0 Å². The standard InChI is InChI=1S/C25H28ClN3O4/c26-20-7-3-17(4-8-20)24(31)28-21-9-5-19(6-10-21)25(32)29-13-11-18(12-14-29)23(30)27-16-22-2-1-15-33-22/h3-10,18,22H,1-2,11-16H2,(H,27,30)(H,28,31)/t22-/m1/s1. The fraction of sp³-hybridized carbons (Fsp3) is 0.400. The molecule has 1 atom stereocenters. The third-order valence-electron chi connectivity index (χ3n) is 6.18. The number of hydrogen-bond acceptors (Lipinski definition) is 4. The second kappa shape index (κ2) is 10.8. The minimum Gasteiger partial charge on any atom is -0.376 e. The van der Waals surface area contributed by atoms with Crippen LogP contribution >= 0.6 is 11.6 Å². The second-order valence-electron chi connectivity index (χ2n) is 8.49. The monoisotopic (exact) mass is 469 g/mol. The van der Waals surface area contributed by atoms with Crippen molar-refractivity contribution >= 4 is 35.0 Å². The van der Waals surface area contributed by atoms with Gasteiger partial charge in [0.25, 0.3) is 11.8 Å². The zero-order chi connectivity index (χ0) is 23.2. The first-order valence-electron chi connectivity index (χ1n) is 11.3. The van der Waals surface area contributed by atoms with Gasteiger partial charge in [-0.05, 0) is 74.2 Å². The van der Waals surface area contributed by atoms with Gasteiger partial charge in [0.15, 0.2) is 0 Å². The highest BCUT2D eigenvalue weighted by atomic mass is 35.5. The molecule has 4 rings (SSSR count). The van der Waals surface area contributed by atoms with E-state index in [1.165, 1.54) is 0 Å². The van der Waals surface area contributed by atoms with Crippen LogP contribution in [0.25, 0.3) is 0 Å². The van der Waals surface area contributed by atoms with E-state index in [2.05, 4.69) is 10.6 Å². The number of carbonyl (C=O) groups excluding carboxylic acids is 3. The van der Waals surface area contributed by atoms with Gasteiger partial charge in [0.2, 0.25) is 5.91 Å². The van der Waals surface area contributed by atoms with Crippen molar-refractivity contribution in [2.75, 3.05) is 31.6 Å². The van der Waals surface area contributed by atoms with Crippen molar-refractivity contribution in [2.45, 2.75) is 31.8 Å². The fourth-order valence-corrected chi connectivity index (χ4v) is 4.32. The Bertz CT molecular complexity index is 980. The molecule has 2 N–H and O–H groups in total. The summed E-state index contributed by atoms with van der Waals surface area (Å²) in [6, 6.07) is 13.5. The summed E-state index contributed by atoms with van der Waals surface area (Å²) in [7, 11) is 0. The van der Waals surface area contributed by atoms with Gasteiger partial charge < -0.3 is 20.3 Å². The number of nitrogens with one attached hydrogen (secondary N) is 2. The molecule has 8 heteroatoms. The molecule has 0 spiro atoms. The van der Waals surface area contributed by atoms with Crippen LogP contribution in [0, 0.1) is 5.92 Å². The van der Waals surface area contributed by atoms with Crippen LogP contribution in [0.2, 0.25) is 5.02 Å². The number of piperidine rings is 1. The van der Waals surface area contributed by atoms with Crippen molar-refractivity contribution in [1.29, 1.82) is 0 Å². The maximum absolute atomic E-state index is 12.9. The van der Waals surface area contributed by atoms with Crippen molar-refractivity contribution in [3.63, 3.8) is 0 Å². The molecule has 2 heterocycles. The Morgan fingerprint density at radius 2 is 1.61 bits per heavy atom. The normalized spacial score (nSPS) is 18.7. The lowest BCUT2D eigenvalue weighted by atomic mass is 9.95. The number of carbonyl (C=O) groups is 3. The number of anilines is 1. The molecule has 2 aromatic rings. The van der Waals surface area contributed by atoms with Gasteiger partial charge in [-0.15, -0.1) is 0 Å². The van der Waals surface area contributed by atoms with E-state index >= 15 is 0 Å². The molecule has 0 aromatic heterocycles. The van der Waals surface area contributed by atoms with Crippen LogP contribution in [-0.4, -0.2) is 55.0 Å². The van der Waals surface area contributed by atoms with E-state index in [-0.39, 0.29) is 29.7 Å². The second-order valence-corrected chi connectivity index (χ2v) is 8.92. The zero-order valence-electron chi connectivity index (χ0n) is 18.4. The van der Waals surface area contributed by atoms with E-state index in [1.54, 1.807) is 53.4 Å². The van der Waals surface area contributed by atoms with E-state index in [1.807, 2.05) is 0 Å². The summed E-state index contributed by atoms with van der Waals surface area (Å²) in [5.74, 6) is -0.325. The quantitative estimate of drug-likeness (QED) is 0.674. The Morgan fingerprint density at radius 3 is 2.24 bits per heavy atom. The Hall–Kier alpha value is -2.90. The van der Waals surface area contributed by atoms with E-state index in [0.717, 1.165) is 19.4 Å². The minimum absolute atomic E-state index is 0.0541. The molecule has 7 nitrogen and oxygen atoms in total. The molecular weight excluding hydrogens is 442 g/mol. The summed E-state index contributed by atoms with van der Waals surface area (Å²) in [5, 5.41) is 6.38.